The van der Waals surface area contributed by atoms with Gasteiger partial charge in [-0.05, 0) is 78.5 Å². The van der Waals surface area contributed by atoms with Crippen LogP contribution in [0.25, 0.3) is 0 Å². The van der Waals surface area contributed by atoms with Crippen molar-refractivity contribution in [3.05, 3.63) is 23.3 Å². The first-order chi connectivity index (χ1) is 14.8. The Bertz CT molecular complexity index is 740. The molecule has 4 fully saturated rings. The minimum absolute atomic E-state index is 0.00734. The monoisotopic (exact) mass is 432 g/mol. The largest absolute Gasteiger partial charge is 0.377 e. The van der Waals surface area contributed by atoms with Gasteiger partial charge in [-0.1, -0.05) is 11.6 Å². The van der Waals surface area contributed by atoms with Gasteiger partial charge in [-0.25, -0.2) is 0 Å². The predicted molar refractivity (Wildman–Crippen MR) is 121 cm³/mol. The van der Waals surface area contributed by atoms with Crippen molar-refractivity contribution in [3.63, 3.8) is 0 Å². The molecule has 6 atom stereocenters. The second-order valence-corrected chi connectivity index (χ2v) is 10.4. The van der Waals surface area contributed by atoms with Crippen molar-refractivity contribution in [2.24, 2.45) is 5.92 Å². The molecule has 6 nitrogen and oxygen atoms in total. The third-order valence-corrected chi connectivity index (χ3v) is 7.94. The van der Waals surface area contributed by atoms with Gasteiger partial charge >= 0.3 is 0 Å². The van der Waals surface area contributed by atoms with E-state index in [-0.39, 0.29) is 35.2 Å². The average molecular weight is 433 g/mol. The number of amides is 1. The van der Waals surface area contributed by atoms with Gasteiger partial charge < -0.3 is 24.4 Å². The summed E-state index contributed by atoms with van der Waals surface area (Å²) in [6, 6.07) is 0.593. The van der Waals surface area contributed by atoms with Crippen LogP contribution in [0.15, 0.2) is 23.3 Å². The Morgan fingerprint density at radius 3 is 2.77 bits per heavy atom. The zero-order chi connectivity index (χ0) is 22.2. The summed E-state index contributed by atoms with van der Waals surface area (Å²) in [6.45, 7) is 9.08. The van der Waals surface area contributed by atoms with E-state index in [0.717, 1.165) is 44.4 Å². The molecule has 4 rings (SSSR count). The molecule has 1 spiro atoms. The zero-order valence-electron chi connectivity index (χ0n) is 19.9. The Balaban J connectivity index is 1.40. The number of carbonyl (C=O) groups excluding carboxylic acids is 1. The maximum Gasteiger partial charge on any atom is 0.244 e. The molecule has 3 heterocycles. The summed E-state index contributed by atoms with van der Waals surface area (Å²) < 4.78 is 18.3. The minimum Gasteiger partial charge on any atom is -0.377 e. The number of nitrogens with zero attached hydrogens (tertiary/aromatic N) is 1. The molecule has 6 heteroatoms. The lowest BCUT2D eigenvalue weighted by Gasteiger charge is -2.40. The van der Waals surface area contributed by atoms with Crippen molar-refractivity contribution in [2.45, 2.75) is 88.7 Å². The minimum atomic E-state index is -0.272. The van der Waals surface area contributed by atoms with Gasteiger partial charge in [-0.2, -0.15) is 0 Å². The summed E-state index contributed by atoms with van der Waals surface area (Å²) >= 11 is 0. The molecule has 1 unspecified atom stereocenters. The smallest absolute Gasteiger partial charge is 0.244 e. The lowest BCUT2D eigenvalue weighted by Crippen LogP contribution is -2.50. The molecule has 174 valence electrons. The van der Waals surface area contributed by atoms with Crippen LogP contribution >= 0.6 is 0 Å². The number of allylic oxidation sites excluding steroid dienone is 1. The molecule has 1 aliphatic carbocycles. The van der Waals surface area contributed by atoms with Crippen molar-refractivity contribution in [1.82, 2.24) is 10.2 Å². The van der Waals surface area contributed by atoms with Crippen LogP contribution in [0, 0.1) is 5.92 Å². The molecular formula is C25H40N2O4. The van der Waals surface area contributed by atoms with Gasteiger partial charge in [0.2, 0.25) is 5.91 Å². The summed E-state index contributed by atoms with van der Waals surface area (Å²) in [7, 11) is 3.92. The quantitative estimate of drug-likeness (QED) is 0.362. The second kappa shape index (κ2) is 8.97. The normalized spacial score (nSPS) is 40.9. The number of ether oxygens (including phenoxy) is 3. The Hall–Kier alpha value is -1.21. The van der Waals surface area contributed by atoms with Gasteiger partial charge in [0.25, 0.3) is 0 Å². The van der Waals surface area contributed by atoms with Crippen LogP contribution in [0.2, 0.25) is 0 Å². The van der Waals surface area contributed by atoms with Crippen LogP contribution in [0.3, 0.4) is 0 Å². The standard InChI is InChI=1S/C25H40N2O4/c1-17(2)8-9-20-24(3,31-20)23-22(29-5)18(10-12-25(23)16-30-25)15-21(28)26-13-11-19-7-6-14-27(19)4/h8,15,19-20,22-23H,6-7,9-14,16H2,1-5H3,(H,26,28)/b18-15-/t19?,20-,22-,23-,24+,25+/m1/s1. The van der Waals surface area contributed by atoms with Gasteiger partial charge in [0.05, 0.1) is 24.7 Å². The lowest BCUT2D eigenvalue weighted by molar-refractivity contribution is -0.116. The van der Waals surface area contributed by atoms with Crippen LogP contribution in [-0.4, -0.2) is 74.1 Å². The number of hydrogen-bond acceptors (Lipinski definition) is 5. The highest BCUT2D eigenvalue weighted by Crippen LogP contribution is 2.60. The number of nitrogens with one attached hydrogen (secondary N) is 1. The lowest BCUT2D eigenvalue weighted by atomic mass is 9.67. The van der Waals surface area contributed by atoms with Gasteiger partial charge in [-0.3, -0.25) is 4.79 Å². The van der Waals surface area contributed by atoms with E-state index in [1.165, 1.54) is 25.0 Å². The van der Waals surface area contributed by atoms with E-state index >= 15 is 0 Å². The first-order valence-electron chi connectivity index (χ1n) is 12.0. The highest BCUT2D eigenvalue weighted by molar-refractivity contribution is 5.88. The molecule has 0 aromatic heterocycles. The predicted octanol–water partition coefficient (Wildman–Crippen LogP) is 3.22. The van der Waals surface area contributed by atoms with Crippen LogP contribution in [0.1, 0.15) is 59.3 Å². The summed E-state index contributed by atoms with van der Waals surface area (Å²) in [5.74, 6) is 0.104. The molecule has 3 aliphatic heterocycles. The first-order valence-corrected chi connectivity index (χ1v) is 12.0. The first kappa shape index (κ1) is 23.0. The van der Waals surface area contributed by atoms with E-state index in [1.807, 2.05) is 0 Å². The van der Waals surface area contributed by atoms with E-state index in [2.05, 4.69) is 44.1 Å². The summed E-state index contributed by atoms with van der Waals surface area (Å²) in [4.78, 5) is 15.1. The highest BCUT2D eigenvalue weighted by atomic mass is 16.6. The molecule has 0 aromatic rings. The van der Waals surface area contributed by atoms with Crippen molar-refractivity contribution in [1.29, 1.82) is 0 Å². The van der Waals surface area contributed by atoms with Gasteiger partial charge in [0.15, 0.2) is 0 Å². The number of carbonyl (C=O) groups is 1. The number of epoxide rings is 2. The van der Waals surface area contributed by atoms with E-state index in [1.54, 1.807) is 13.2 Å². The number of methoxy groups -OCH3 is 1. The van der Waals surface area contributed by atoms with Crippen molar-refractivity contribution in [3.8, 4) is 0 Å². The van der Waals surface area contributed by atoms with Gasteiger partial charge in [0, 0.05) is 25.8 Å². The Morgan fingerprint density at radius 2 is 2.16 bits per heavy atom. The molecule has 0 aromatic carbocycles. The Kier molecular flexibility index (Phi) is 6.64. The van der Waals surface area contributed by atoms with Crippen LogP contribution < -0.4 is 5.32 Å². The molecule has 0 bridgehead atoms. The maximum absolute atomic E-state index is 12.7. The Labute approximate surface area is 187 Å². The van der Waals surface area contributed by atoms with Gasteiger partial charge in [-0.15, -0.1) is 0 Å². The number of hydrogen-bond donors (Lipinski definition) is 1. The average Bonchev–Trinajstić information content (AvgIpc) is 3.59. The SMILES string of the molecule is CO[C@@H]1/C(=C\C(=O)NCCC2CCCN2C)CC[C@]2(CO2)[C@H]1[C@@]1(C)O[C@@H]1CC=C(C)C. The second-order valence-electron chi connectivity index (χ2n) is 10.4. The molecule has 31 heavy (non-hydrogen) atoms. The highest BCUT2D eigenvalue weighted by Gasteiger charge is 2.71. The fourth-order valence-electron chi connectivity index (χ4n) is 5.92. The number of likely N-dealkylation sites (tertiary alicyclic amines) is 1. The molecule has 4 aliphatic rings. The molecular weight excluding hydrogens is 392 g/mol. The molecule has 1 saturated carbocycles. The van der Waals surface area contributed by atoms with Crippen molar-refractivity contribution in [2.75, 3.05) is 33.9 Å². The Morgan fingerprint density at radius 1 is 1.39 bits per heavy atom. The van der Waals surface area contributed by atoms with E-state index in [4.69, 9.17) is 14.2 Å². The van der Waals surface area contributed by atoms with E-state index in [0.29, 0.717) is 6.04 Å². The fraction of sp³-hybridized carbons (Fsp3) is 0.800. The number of rotatable bonds is 8. The van der Waals surface area contributed by atoms with Crippen LogP contribution in [0.5, 0.6) is 0 Å². The van der Waals surface area contributed by atoms with Crippen LogP contribution in [-0.2, 0) is 19.0 Å². The summed E-state index contributed by atoms with van der Waals surface area (Å²) in [5, 5.41) is 3.10. The topological polar surface area (TPSA) is 66.6 Å². The zero-order valence-corrected chi connectivity index (χ0v) is 19.9. The maximum atomic E-state index is 12.7. The molecule has 3 saturated heterocycles. The molecule has 0 radical (unpaired) electrons. The molecule has 1 N–H and O–H groups in total. The van der Waals surface area contributed by atoms with E-state index in [9.17, 15) is 4.79 Å². The molecule has 1 amide bonds. The van der Waals surface area contributed by atoms with Crippen LogP contribution in [0.4, 0.5) is 0 Å². The summed E-state index contributed by atoms with van der Waals surface area (Å²) in [6.07, 6.45) is 10.2. The fourth-order valence-corrected chi connectivity index (χ4v) is 5.92. The van der Waals surface area contributed by atoms with Gasteiger partial charge in [0.1, 0.15) is 11.2 Å². The third-order valence-electron chi connectivity index (χ3n) is 7.94. The third kappa shape index (κ3) is 4.77. The van der Waals surface area contributed by atoms with Crippen molar-refractivity contribution < 1.29 is 19.0 Å². The summed E-state index contributed by atoms with van der Waals surface area (Å²) in [5.41, 5.74) is 1.95. The van der Waals surface area contributed by atoms with E-state index < -0.39 is 0 Å². The van der Waals surface area contributed by atoms with Crippen molar-refractivity contribution >= 4 is 5.91 Å².